The highest BCUT2D eigenvalue weighted by Gasteiger charge is 2.37. The first-order valence-corrected chi connectivity index (χ1v) is 10.2. The molecule has 7 nitrogen and oxygen atoms in total. The minimum atomic E-state index is -1.50. The van der Waals surface area contributed by atoms with Crippen molar-refractivity contribution in [3.8, 4) is 23.0 Å². The summed E-state index contributed by atoms with van der Waals surface area (Å²) in [5.41, 5.74) is 0.194. The van der Waals surface area contributed by atoms with Crippen molar-refractivity contribution in [1.29, 1.82) is 0 Å². The van der Waals surface area contributed by atoms with E-state index in [2.05, 4.69) is 0 Å². The van der Waals surface area contributed by atoms with E-state index in [4.69, 9.17) is 9.47 Å². The monoisotopic (exact) mass is 452 g/mol. The summed E-state index contributed by atoms with van der Waals surface area (Å²) >= 11 is 0. The molecule has 2 aromatic rings. The SMILES string of the molecule is COc1cc(C=CC(=O)C(C(=O)C=Cc2ccc(O)c(OC)c2)C(=O)C(C)(C)C)ccc1O. The molecule has 0 fully saturated rings. The van der Waals surface area contributed by atoms with Gasteiger partial charge in [0.05, 0.1) is 14.2 Å². The van der Waals surface area contributed by atoms with E-state index in [0.717, 1.165) is 0 Å². The largest absolute Gasteiger partial charge is 0.504 e. The minimum absolute atomic E-state index is 0.0482. The lowest BCUT2D eigenvalue weighted by Gasteiger charge is -2.21. The Morgan fingerprint density at radius 1 is 0.788 bits per heavy atom. The Kier molecular flexibility index (Phi) is 8.18. The molecule has 0 heterocycles. The summed E-state index contributed by atoms with van der Waals surface area (Å²) in [6.07, 6.45) is 5.26. The van der Waals surface area contributed by atoms with Crippen LogP contribution >= 0.6 is 0 Å². The summed E-state index contributed by atoms with van der Waals surface area (Å²) in [7, 11) is 2.81. The molecule has 7 heteroatoms. The van der Waals surface area contributed by atoms with Crippen LogP contribution in [-0.4, -0.2) is 41.8 Å². The van der Waals surface area contributed by atoms with Crippen LogP contribution in [0.4, 0.5) is 0 Å². The van der Waals surface area contributed by atoms with E-state index in [9.17, 15) is 24.6 Å². The molecule has 0 radical (unpaired) electrons. The van der Waals surface area contributed by atoms with E-state index in [-0.39, 0.29) is 23.0 Å². The van der Waals surface area contributed by atoms with Crippen LogP contribution in [0.25, 0.3) is 12.2 Å². The van der Waals surface area contributed by atoms with Crippen LogP contribution in [0, 0.1) is 11.3 Å². The molecule has 0 aliphatic heterocycles. The van der Waals surface area contributed by atoms with Gasteiger partial charge in [0.1, 0.15) is 5.92 Å². The van der Waals surface area contributed by atoms with Gasteiger partial charge in [-0.2, -0.15) is 0 Å². The lowest BCUT2D eigenvalue weighted by molar-refractivity contribution is -0.140. The first-order valence-electron chi connectivity index (χ1n) is 10.2. The number of phenolic OH excluding ortho intramolecular Hbond substituents is 2. The molecule has 2 N–H and O–H groups in total. The average Bonchev–Trinajstić information content (AvgIpc) is 2.77. The fraction of sp³-hybridized carbons (Fsp3) is 0.269. The quantitative estimate of drug-likeness (QED) is 0.433. The van der Waals surface area contributed by atoms with E-state index in [1.807, 2.05) is 0 Å². The maximum atomic E-state index is 12.9. The van der Waals surface area contributed by atoms with Crippen molar-refractivity contribution < 1.29 is 34.1 Å². The highest BCUT2D eigenvalue weighted by molar-refractivity contribution is 6.27. The van der Waals surface area contributed by atoms with Gasteiger partial charge in [-0.3, -0.25) is 14.4 Å². The smallest absolute Gasteiger partial charge is 0.174 e. The van der Waals surface area contributed by atoms with Gasteiger partial charge in [0.15, 0.2) is 40.3 Å². The summed E-state index contributed by atoms with van der Waals surface area (Å²) in [5, 5.41) is 19.4. The van der Waals surface area contributed by atoms with Crippen molar-refractivity contribution in [1.82, 2.24) is 0 Å². The standard InChI is InChI=1S/C26H28O7/c1-26(2,3)25(31)24(20(29)12-8-16-6-10-18(27)22(14-16)32-4)21(30)13-9-17-7-11-19(28)23(15-17)33-5/h6-15,24,27-28H,1-5H3. The van der Waals surface area contributed by atoms with Crippen molar-refractivity contribution in [2.24, 2.45) is 11.3 Å². The molecule has 0 aromatic heterocycles. The first-order chi connectivity index (χ1) is 15.5. The average molecular weight is 453 g/mol. The van der Waals surface area contributed by atoms with Crippen molar-refractivity contribution in [3.05, 3.63) is 59.7 Å². The van der Waals surface area contributed by atoms with Crippen LogP contribution in [0.3, 0.4) is 0 Å². The zero-order valence-electron chi connectivity index (χ0n) is 19.3. The highest BCUT2D eigenvalue weighted by atomic mass is 16.5. The van der Waals surface area contributed by atoms with Gasteiger partial charge in [0, 0.05) is 5.41 Å². The van der Waals surface area contributed by atoms with Gasteiger partial charge < -0.3 is 19.7 Å². The predicted molar refractivity (Wildman–Crippen MR) is 125 cm³/mol. The Bertz CT molecular complexity index is 1030. The van der Waals surface area contributed by atoms with E-state index >= 15 is 0 Å². The highest BCUT2D eigenvalue weighted by Crippen LogP contribution is 2.28. The number of aromatic hydroxyl groups is 2. The Balaban J connectivity index is 2.33. The lowest BCUT2D eigenvalue weighted by atomic mass is 9.79. The lowest BCUT2D eigenvalue weighted by Crippen LogP contribution is -2.37. The maximum Gasteiger partial charge on any atom is 0.174 e. The number of Topliss-reactive ketones (excluding diaryl/α,β-unsaturated/α-hetero) is 1. The van der Waals surface area contributed by atoms with Gasteiger partial charge in [0.2, 0.25) is 0 Å². The Labute approximate surface area is 193 Å². The van der Waals surface area contributed by atoms with Gasteiger partial charge >= 0.3 is 0 Å². The summed E-state index contributed by atoms with van der Waals surface area (Å²) in [4.78, 5) is 38.8. The van der Waals surface area contributed by atoms with Crippen molar-refractivity contribution in [3.63, 3.8) is 0 Å². The van der Waals surface area contributed by atoms with E-state index in [1.54, 1.807) is 32.9 Å². The van der Waals surface area contributed by atoms with Crippen molar-refractivity contribution in [2.45, 2.75) is 20.8 Å². The van der Waals surface area contributed by atoms with Crippen LogP contribution in [0.2, 0.25) is 0 Å². The van der Waals surface area contributed by atoms with Crippen LogP contribution in [0.5, 0.6) is 23.0 Å². The number of allylic oxidation sites excluding steroid dienone is 2. The van der Waals surface area contributed by atoms with Crippen LogP contribution in [0.1, 0.15) is 31.9 Å². The second-order valence-electron chi connectivity index (χ2n) is 8.38. The normalized spacial score (nSPS) is 12.6. The molecule has 0 atom stereocenters. The van der Waals surface area contributed by atoms with Crippen LogP contribution < -0.4 is 9.47 Å². The predicted octanol–water partition coefficient (Wildman–Crippen LogP) is 4.21. The van der Waals surface area contributed by atoms with E-state index in [0.29, 0.717) is 11.1 Å². The molecule has 0 saturated heterocycles. The van der Waals surface area contributed by atoms with Gasteiger partial charge in [0.25, 0.3) is 0 Å². The zero-order valence-corrected chi connectivity index (χ0v) is 19.3. The number of hydrogen-bond donors (Lipinski definition) is 2. The van der Waals surface area contributed by atoms with Crippen LogP contribution in [-0.2, 0) is 14.4 Å². The number of rotatable bonds is 9. The summed E-state index contributed by atoms with van der Waals surface area (Å²) in [5.74, 6) is -2.94. The number of carbonyl (C=O) groups excluding carboxylic acids is 3. The molecule has 0 aliphatic rings. The third-order valence-electron chi connectivity index (χ3n) is 4.86. The molecule has 0 bridgehead atoms. The molecule has 0 aliphatic carbocycles. The van der Waals surface area contributed by atoms with Crippen molar-refractivity contribution >= 4 is 29.5 Å². The fourth-order valence-corrected chi connectivity index (χ4v) is 2.98. The second kappa shape index (κ2) is 10.6. The fourth-order valence-electron chi connectivity index (χ4n) is 2.98. The molecule has 174 valence electrons. The number of carbonyl (C=O) groups is 3. The number of benzene rings is 2. The topological polar surface area (TPSA) is 110 Å². The van der Waals surface area contributed by atoms with Gasteiger partial charge in [-0.15, -0.1) is 0 Å². The number of hydrogen-bond acceptors (Lipinski definition) is 7. The molecular weight excluding hydrogens is 424 g/mol. The van der Waals surface area contributed by atoms with Gasteiger partial charge in [-0.25, -0.2) is 0 Å². The summed E-state index contributed by atoms with van der Waals surface area (Å²) < 4.78 is 10.1. The molecule has 0 amide bonds. The summed E-state index contributed by atoms with van der Waals surface area (Å²) in [6.45, 7) is 4.93. The maximum absolute atomic E-state index is 12.9. The zero-order chi connectivity index (χ0) is 24.8. The number of methoxy groups -OCH3 is 2. The number of phenols is 2. The number of ketones is 3. The molecular formula is C26H28O7. The Morgan fingerprint density at radius 3 is 1.52 bits per heavy atom. The molecule has 0 unspecified atom stereocenters. The van der Waals surface area contributed by atoms with E-state index < -0.39 is 28.7 Å². The Morgan fingerprint density at radius 2 is 1.18 bits per heavy atom. The first kappa shape index (κ1) is 25.4. The van der Waals surface area contributed by atoms with Gasteiger partial charge in [-0.1, -0.05) is 45.1 Å². The van der Waals surface area contributed by atoms with Gasteiger partial charge in [-0.05, 0) is 47.5 Å². The molecule has 2 aromatic carbocycles. The van der Waals surface area contributed by atoms with E-state index in [1.165, 1.54) is 62.8 Å². The minimum Gasteiger partial charge on any atom is -0.504 e. The number of ether oxygens (including phenoxy) is 2. The van der Waals surface area contributed by atoms with Crippen molar-refractivity contribution in [2.75, 3.05) is 14.2 Å². The molecule has 2 rings (SSSR count). The Hall–Kier alpha value is -3.87. The molecule has 0 saturated carbocycles. The molecule has 0 spiro atoms. The third kappa shape index (κ3) is 6.55. The second-order valence-corrected chi connectivity index (χ2v) is 8.38. The molecule has 33 heavy (non-hydrogen) atoms. The summed E-state index contributed by atoms with van der Waals surface area (Å²) in [6, 6.07) is 9.03. The van der Waals surface area contributed by atoms with Crippen LogP contribution in [0.15, 0.2) is 48.6 Å². The third-order valence-corrected chi connectivity index (χ3v) is 4.86.